The number of carbonyl (C=O) groups excluding carboxylic acids is 1. The summed E-state index contributed by atoms with van der Waals surface area (Å²) in [6.45, 7) is 1.86. The summed E-state index contributed by atoms with van der Waals surface area (Å²) in [4.78, 5) is 10.1. The maximum atomic E-state index is 10.1. The van der Waals surface area contributed by atoms with Crippen LogP contribution in [-0.4, -0.2) is 10.4 Å². The van der Waals surface area contributed by atoms with Gasteiger partial charge in [0.2, 0.25) is 0 Å². The monoisotopic (exact) mass is 136 g/mol. The van der Waals surface area contributed by atoms with Crippen LogP contribution in [0.1, 0.15) is 13.3 Å². The Balaban J connectivity index is 3.13. The van der Waals surface area contributed by atoms with Gasteiger partial charge < -0.3 is 0 Å². The third kappa shape index (κ3) is 6.37. The molecule has 0 amide bonds. The molecule has 0 saturated carbocycles. The zero-order valence-electron chi connectivity index (χ0n) is 4.09. The molecule has 0 rings (SSSR count). The molecule has 7 heavy (non-hydrogen) atoms. The topological polar surface area (TPSA) is 17.1 Å². The van der Waals surface area contributed by atoms with Crippen molar-refractivity contribution < 1.29 is 4.79 Å². The highest BCUT2D eigenvalue weighted by molar-refractivity contribution is 7.96. The molecule has 0 aromatic carbocycles. The van der Waals surface area contributed by atoms with E-state index in [1.54, 1.807) is 0 Å². The first kappa shape index (κ1) is 7.37. The number of rotatable bonds is 2. The third-order valence-electron chi connectivity index (χ3n) is 0.470. The van der Waals surface area contributed by atoms with Crippen molar-refractivity contribution in [3.05, 3.63) is 0 Å². The molecule has 0 spiro atoms. The van der Waals surface area contributed by atoms with Gasteiger partial charge >= 0.3 is 0 Å². The van der Waals surface area contributed by atoms with Crippen molar-refractivity contribution in [3.8, 4) is 0 Å². The maximum Gasteiger partial charge on any atom is 0.187 e. The second-order valence-electron chi connectivity index (χ2n) is 1.45. The average Bonchev–Trinajstić information content (AvgIpc) is 1.27. The Hall–Kier alpha value is 0.370. The molecule has 42 valence electrons. The lowest BCUT2D eigenvalue weighted by atomic mass is 10.4. The van der Waals surface area contributed by atoms with E-state index < -0.39 is 0 Å². The van der Waals surface area contributed by atoms with Crippen molar-refractivity contribution >= 4 is 30.4 Å². The smallest absolute Gasteiger partial charge is 0.187 e. The molecule has 0 aliphatic rings. The highest BCUT2D eigenvalue weighted by Gasteiger charge is 1.97. The minimum Gasteiger partial charge on any atom is -0.287 e. The molecular weight excluding hydrogens is 128 g/mol. The van der Waals surface area contributed by atoms with Crippen LogP contribution >= 0.6 is 25.3 Å². The minimum absolute atomic E-state index is 0.0949. The Bertz CT molecular complexity index is 70.1. The highest BCUT2D eigenvalue weighted by Crippen LogP contribution is 2.00. The van der Waals surface area contributed by atoms with Gasteiger partial charge in [-0.25, -0.2) is 0 Å². The molecule has 0 N–H and O–H groups in total. The van der Waals surface area contributed by atoms with Crippen molar-refractivity contribution in [1.82, 2.24) is 0 Å². The molecule has 1 unspecified atom stereocenters. The summed E-state index contributed by atoms with van der Waals surface area (Å²) in [5.41, 5.74) is 0. The molecule has 0 radical (unpaired) electrons. The SMILES string of the molecule is CC(S)CC(=O)S. The molecule has 0 aromatic heterocycles. The van der Waals surface area contributed by atoms with Crippen LogP contribution in [0.25, 0.3) is 0 Å². The van der Waals surface area contributed by atoms with Gasteiger partial charge in [0.05, 0.1) is 0 Å². The van der Waals surface area contributed by atoms with E-state index in [1.165, 1.54) is 0 Å². The second kappa shape index (κ2) is 3.38. The highest BCUT2D eigenvalue weighted by atomic mass is 32.1. The number of carbonyl (C=O) groups is 1. The van der Waals surface area contributed by atoms with E-state index in [0.717, 1.165) is 0 Å². The number of hydrogen-bond acceptors (Lipinski definition) is 2. The number of hydrogen-bond donors (Lipinski definition) is 2. The van der Waals surface area contributed by atoms with Crippen molar-refractivity contribution in [3.63, 3.8) is 0 Å². The largest absolute Gasteiger partial charge is 0.287 e. The van der Waals surface area contributed by atoms with E-state index in [2.05, 4.69) is 25.3 Å². The van der Waals surface area contributed by atoms with Crippen LogP contribution in [-0.2, 0) is 4.79 Å². The summed E-state index contributed by atoms with van der Waals surface area (Å²) in [5.74, 6) is 0. The van der Waals surface area contributed by atoms with Gasteiger partial charge in [0.1, 0.15) is 0 Å². The summed E-state index contributed by atoms with van der Waals surface area (Å²) in [7, 11) is 0. The zero-order chi connectivity index (χ0) is 5.86. The molecule has 0 fully saturated rings. The van der Waals surface area contributed by atoms with Gasteiger partial charge in [-0.1, -0.05) is 6.92 Å². The van der Waals surface area contributed by atoms with E-state index in [4.69, 9.17) is 0 Å². The summed E-state index contributed by atoms with van der Waals surface area (Å²) >= 11 is 7.52. The normalized spacial score (nSPS) is 13.6. The van der Waals surface area contributed by atoms with Gasteiger partial charge in [-0.2, -0.15) is 12.6 Å². The van der Waals surface area contributed by atoms with Crippen LogP contribution in [0, 0.1) is 0 Å². The lowest BCUT2D eigenvalue weighted by molar-refractivity contribution is -0.110. The average molecular weight is 136 g/mol. The quantitative estimate of drug-likeness (QED) is 0.545. The Morgan fingerprint density at radius 2 is 2.29 bits per heavy atom. The van der Waals surface area contributed by atoms with Crippen molar-refractivity contribution in [2.75, 3.05) is 0 Å². The maximum absolute atomic E-state index is 10.1. The van der Waals surface area contributed by atoms with Crippen molar-refractivity contribution in [2.24, 2.45) is 0 Å². The summed E-state index contributed by atoms with van der Waals surface area (Å²) in [5, 5.41) is 0.0486. The van der Waals surface area contributed by atoms with Gasteiger partial charge in [-0.3, -0.25) is 4.79 Å². The van der Waals surface area contributed by atoms with E-state index in [1.807, 2.05) is 6.92 Å². The molecule has 0 aliphatic carbocycles. The summed E-state index contributed by atoms with van der Waals surface area (Å²) in [6.07, 6.45) is 0.451. The van der Waals surface area contributed by atoms with Crippen LogP contribution in [0.2, 0.25) is 0 Å². The van der Waals surface area contributed by atoms with Crippen LogP contribution < -0.4 is 0 Å². The predicted molar refractivity (Wildman–Crippen MR) is 37.1 cm³/mol. The molecule has 1 atom stereocenters. The predicted octanol–water partition coefficient (Wildman–Crippen LogP) is 1.15. The number of thiol groups is 2. The first-order chi connectivity index (χ1) is 3.13. The standard InChI is InChI=1S/C4H8OS2/c1-3(6)2-4(5)7/h3,6H,2H2,1H3,(H,5,7). The van der Waals surface area contributed by atoms with Gasteiger partial charge in [0.25, 0.3) is 0 Å². The van der Waals surface area contributed by atoms with Gasteiger partial charge in [-0.05, 0) is 0 Å². The first-order valence-electron chi connectivity index (χ1n) is 2.03. The van der Waals surface area contributed by atoms with Gasteiger partial charge in [-0.15, -0.1) is 12.6 Å². The molecule has 3 heteroatoms. The molecule has 0 aromatic rings. The molecule has 0 bridgehead atoms. The summed E-state index contributed by atoms with van der Waals surface area (Å²) in [6, 6.07) is 0. The van der Waals surface area contributed by atoms with E-state index in [-0.39, 0.29) is 10.4 Å². The van der Waals surface area contributed by atoms with E-state index in [9.17, 15) is 4.79 Å². The summed E-state index contributed by atoms with van der Waals surface area (Å²) < 4.78 is 0. The van der Waals surface area contributed by atoms with Crippen molar-refractivity contribution in [1.29, 1.82) is 0 Å². The minimum atomic E-state index is -0.0949. The lowest BCUT2D eigenvalue weighted by Crippen LogP contribution is -1.96. The Morgan fingerprint density at radius 3 is 2.29 bits per heavy atom. The Labute approximate surface area is 54.3 Å². The van der Waals surface area contributed by atoms with Crippen LogP contribution in [0.4, 0.5) is 0 Å². The first-order valence-corrected chi connectivity index (χ1v) is 2.99. The zero-order valence-corrected chi connectivity index (χ0v) is 5.88. The molecule has 0 aliphatic heterocycles. The fourth-order valence-electron chi connectivity index (χ4n) is 0.253. The van der Waals surface area contributed by atoms with Gasteiger partial charge in [0, 0.05) is 11.7 Å². The Morgan fingerprint density at radius 1 is 1.86 bits per heavy atom. The van der Waals surface area contributed by atoms with Crippen LogP contribution in [0.15, 0.2) is 0 Å². The van der Waals surface area contributed by atoms with E-state index in [0.29, 0.717) is 6.42 Å². The fourth-order valence-corrected chi connectivity index (χ4v) is 0.836. The third-order valence-corrected chi connectivity index (χ3v) is 0.835. The van der Waals surface area contributed by atoms with Crippen LogP contribution in [0.3, 0.4) is 0 Å². The second-order valence-corrected chi connectivity index (χ2v) is 2.83. The lowest BCUT2D eigenvalue weighted by Gasteiger charge is -1.94. The Kier molecular flexibility index (Phi) is 3.56. The van der Waals surface area contributed by atoms with Crippen molar-refractivity contribution in [2.45, 2.75) is 18.6 Å². The fraction of sp³-hybridized carbons (Fsp3) is 0.750. The molecule has 0 heterocycles. The van der Waals surface area contributed by atoms with E-state index >= 15 is 0 Å². The van der Waals surface area contributed by atoms with Crippen LogP contribution in [0.5, 0.6) is 0 Å². The molecular formula is C4H8OS2. The molecule has 0 saturated heterocycles. The van der Waals surface area contributed by atoms with Gasteiger partial charge in [0.15, 0.2) is 5.12 Å². The molecule has 1 nitrogen and oxygen atoms in total.